The maximum Gasteiger partial charge on any atom is 0.311 e. The van der Waals surface area contributed by atoms with E-state index in [1.807, 2.05) is 0 Å². The Morgan fingerprint density at radius 2 is 2.19 bits per heavy atom. The second-order valence-corrected chi connectivity index (χ2v) is 5.84. The SMILES string of the molecule is O=C(O)C1(CNc2cc(=O)[nH]c(C3CC3)n2)CCOCC1. The van der Waals surface area contributed by atoms with Crippen LogP contribution in [0.2, 0.25) is 0 Å². The topological polar surface area (TPSA) is 104 Å². The van der Waals surface area contributed by atoms with Crippen LogP contribution in [0.25, 0.3) is 0 Å². The van der Waals surface area contributed by atoms with Crippen LogP contribution in [0.15, 0.2) is 10.9 Å². The maximum atomic E-state index is 11.6. The van der Waals surface area contributed by atoms with E-state index in [0.29, 0.717) is 43.6 Å². The first-order valence-corrected chi connectivity index (χ1v) is 7.25. The fraction of sp³-hybridized carbons (Fsp3) is 0.643. The third-order valence-electron chi connectivity index (χ3n) is 4.24. The molecule has 1 aromatic heterocycles. The van der Waals surface area contributed by atoms with Gasteiger partial charge in [0.2, 0.25) is 0 Å². The molecule has 0 aromatic carbocycles. The molecular weight excluding hydrogens is 274 g/mol. The molecule has 1 aliphatic heterocycles. The van der Waals surface area contributed by atoms with Crippen molar-refractivity contribution in [2.24, 2.45) is 5.41 Å². The number of carboxylic acids is 1. The quantitative estimate of drug-likeness (QED) is 0.746. The highest BCUT2D eigenvalue weighted by Crippen LogP contribution is 2.38. The molecular formula is C14H19N3O4. The van der Waals surface area contributed by atoms with Crippen molar-refractivity contribution in [2.45, 2.75) is 31.6 Å². The minimum atomic E-state index is -0.845. The van der Waals surface area contributed by atoms with E-state index in [9.17, 15) is 14.7 Å². The molecule has 7 nitrogen and oxygen atoms in total. The zero-order valence-corrected chi connectivity index (χ0v) is 11.7. The van der Waals surface area contributed by atoms with Crippen LogP contribution >= 0.6 is 0 Å². The molecule has 2 aliphatic rings. The number of rotatable bonds is 5. The van der Waals surface area contributed by atoms with E-state index in [4.69, 9.17) is 4.74 Å². The molecule has 0 amide bonds. The van der Waals surface area contributed by atoms with Crippen LogP contribution in [0.1, 0.15) is 37.4 Å². The fourth-order valence-corrected chi connectivity index (χ4v) is 2.61. The van der Waals surface area contributed by atoms with Crippen LogP contribution < -0.4 is 10.9 Å². The number of nitrogens with one attached hydrogen (secondary N) is 2. The summed E-state index contributed by atoms with van der Waals surface area (Å²) in [6.45, 7) is 1.15. The third kappa shape index (κ3) is 3.07. The van der Waals surface area contributed by atoms with Gasteiger partial charge in [0.05, 0.1) is 5.41 Å². The van der Waals surface area contributed by atoms with E-state index in [-0.39, 0.29) is 12.1 Å². The van der Waals surface area contributed by atoms with Gasteiger partial charge in [-0.3, -0.25) is 9.59 Å². The lowest BCUT2D eigenvalue weighted by Crippen LogP contribution is -2.42. The number of hydrogen-bond donors (Lipinski definition) is 3. The van der Waals surface area contributed by atoms with E-state index in [1.165, 1.54) is 6.07 Å². The van der Waals surface area contributed by atoms with E-state index >= 15 is 0 Å². The van der Waals surface area contributed by atoms with Gasteiger partial charge in [0.25, 0.3) is 5.56 Å². The molecule has 3 N–H and O–H groups in total. The number of H-pyrrole nitrogens is 1. The second-order valence-electron chi connectivity index (χ2n) is 5.84. The number of aromatic amines is 1. The van der Waals surface area contributed by atoms with Gasteiger partial charge in [-0.25, -0.2) is 4.98 Å². The lowest BCUT2D eigenvalue weighted by atomic mass is 9.80. The summed E-state index contributed by atoms with van der Waals surface area (Å²) in [5, 5.41) is 12.5. The summed E-state index contributed by atoms with van der Waals surface area (Å²) >= 11 is 0. The van der Waals surface area contributed by atoms with E-state index in [1.54, 1.807) is 0 Å². The van der Waals surface area contributed by atoms with Gasteiger partial charge >= 0.3 is 5.97 Å². The van der Waals surface area contributed by atoms with E-state index < -0.39 is 11.4 Å². The number of ether oxygens (including phenoxy) is 1. The van der Waals surface area contributed by atoms with Gasteiger partial charge in [-0.1, -0.05) is 0 Å². The van der Waals surface area contributed by atoms with Crippen molar-refractivity contribution in [3.8, 4) is 0 Å². The van der Waals surface area contributed by atoms with Crippen molar-refractivity contribution >= 4 is 11.8 Å². The molecule has 0 atom stereocenters. The summed E-state index contributed by atoms with van der Waals surface area (Å²) in [5.41, 5.74) is -1.05. The maximum absolute atomic E-state index is 11.6. The van der Waals surface area contributed by atoms with Gasteiger partial charge in [0.15, 0.2) is 0 Å². The predicted octanol–water partition coefficient (Wildman–Crippen LogP) is 0.941. The Labute approximate surface area is 121 Å². The van der Waals surface area contributed by atoms with Gasteiger partial charge in [-0.05, 0) is 25.7 Å². The average Bonchev–Trinajstić information content (AvgIpc) is 3.30. The highest BCUT2D eigenvalue weighted by molar-refractivity contribution is 5.75. The number of aromatic nitrogens is 2. The zero-order chi connectivity index (χ0) is 14.9. The van der Waals surface area contributed by atoms with Crippen LogP contribution in [0.3, 0.4) is 0 Å². The fourth-order valence-electron chi connectivity index (χ4n) is 2.61. The summed E-state index contributed by atoms with van der Waals surface area (Å²) in [7, 11) is 0. The van der Waals surface area contributed by atoms with Crippen LogP contribution in [-0.4, -0.2) is 40.8 Å². The van der Waals surface area contributed by atoms with E-state index in [2.05, 4.69) is 15.3 Å². The van der Waals surface area contributed by atoms with Crippen molar-refractivity contribution < 1.29 is 14.6 Å². The monoisotopic (exact) mass is 293 g/mol. The highest BCUT2D eigenvalue weighted by Gasteiger charge is 2.40. The number of carbonyl (C=O) groups is 1. The minimum Gasteiger partial charge on any atom is -0.481 e. The van der Waals surface area contributed by atoms with Crippen LogP contribution in [-0.2, 0) is 9.53 Å². The molecule has 1 saturated carbocycles. The number of hydrogen-bond acceptors (Lipinski definition) is 5. The first-order valence-electron chi connectivity index (χ1n) is 7.25. The predicted molar refractivity (Wildman–Crippen MR) is 75.4 cm³/mol. The molecule has 2 fully saturated rings. The molecule has 21 heavy (non-hydrogen) atoms. The second kappa shape index (κ2) is 5.48. The molecule has 0 unspecified atom stereocenters. The Kier molecular flexibility index (Phi) is 3.67. The molecule has 7 heteroatoms. The van der Waals surface area contributed by atoms with Crippen molar-refractivity contribution in [2.75, 3.05) is 25.1 Å². The van der Waals surface area contributed by atoms with Crippen molar-refractivity contribution in [1.82, 2.24) is 9.97 Å². The van der Waals surface area contributed by atoms with Gasteiger partial charge in [-0.2, -0.15) is 0 Å². The first-order chi connectivity index (χ1) is 10.1. The van der Waals surface area contributed by atoms with Crippen molar-refractivity contribution in [3.05, 3.63) is 22.2 Å². The van der Waals surface area contributed by atoms with Crippen LogP contribution in [0.4, 0.5) is 5.82 Å². The highest BCUT2D eigenvalue weighted by atomic mass is 16.5. The molecule has 1 saturated heterocycles. The third-order valence-corrected chi connectivity index (χ3v) is 4.24. The largest absolute Gasteiger partial charge is 0.481 e. The lowest BCUT2D eigenvalue weighted by molar-refractivity contribution is -0.153. The Balaban J connectivity index is 1.73. The normalized spacial score (nSPS) is 21.0. The van der Waals surface area contributed by atoms with Crippen molar-refractivity contribution in [3.63, 3.8) is 0 Å². The van der Waals surface area contributed by atoms with Gasteiger partial charge in [0, 0.05) is 31.7 Å². The molecule has 1 aliphatic carbocycles. The standard InChI is InChI=1S/C14H19N3O4/c18-11-7-10(16-12(17-11)9-1-2-9)15-8-14(13(19)20)3-5-21-6-4-14/h7,9H,1-6,8H2,(H,19,20)(H2,15,16,17,18). The summed E-state index contributed by atoms with van der Waals surface area (Å²) in [5.74, 6) is 0.663. The molecule has 0 radical (unpaired) electrons. The van der Waals surface area contributed by atoms with Gasteiger partial charge in [-0.15, -0.1) is 0 Å². The molecule has 2 heterocycles. The zero-order valence-electron chi connectivity index (χ0n) is 11.7. The molecule has 1 aromatic rings. The Bertz CT molecular complexity index is 588. The number of nitrogens with zero attached hydrogens (tertiary/aromatic N) is 1. The Hall–Kier alpha value is -1.89. The molecule has 114 valence electrons. The summed E-state index contributed by atoms with van der Waals surface area (Å²) in [6.07, 6.45) is 3.02. The summed E-state index contributed by atoms with van der Waals surface area (Å²) in [4.78, 5) is 30.3. The van der Waals surface area contributed by atoms with Crippen LogP contribution in [0, 0.1) is 5.41 Å². The number of aliphatic carboxylic acids is 1. The molecule has 0 bridgehead atoms. The number of anilines is 1. The summed E-state index contributed by atoms with van der Waals surface area (Å²) < 4.78 is 5.24. The summed E-state index contributed by atoms with van der Waals surface area (Å²) in [6, 6.07) is 1.38. The lowest BCUT2D eigenvalue weighted by Gasteiger charge is -2.33. The van der Waals surface area contributed by atoms with Crippen LogP contribution in [0.5, 0.6) is 0 Å². The Morgan fingerprint density at radius 3 is 2.81 bits per heavy atom. The Morgan fingerprint density at radius 1 is 1.48 bits per heavy atom. The van der Waals surface area contributed by atoms with Gasteiger partial charge < -0.3 is 20.1 Å². The molecule has 3 rings (SSSR count). The smallest absolute Gasteiger partial charge is 0.311 e. The molecule has 0 spiro atoms. The van der Waals surface area contributed by atoms with Crippen molar-refractivity contribution in [1.29, 1.82) is 0 Å². The number of carboxylic acid groups (broad SMARTS) is 1. The van der Waals surface area contributed by atoms with Gasteiger partial charge in [0.1, 0.15) is 11.6 Å². The average molecular weight is 293 g/mol. The minimum absolute atomic E-state index is 0.203. The first kappa shape index (κ1) is 14.1. The van der Waals surface area contributed by atoms with E-state index in [0.717, 1.165) is 12.8 Å².